The monoisotopic (exact) mass is 378 g/mol. The van der Waals surface area contributed by atoms with Crippen LogP contribution >= 0.6 is 11.6 Å². The van der Waals surface area contributed by atoms with Crippen molar-refractivity contribution in [1.82, 2.24) is 5.32 Å². The fourth-order valence-corrected chi connectivity index (χ4v) is 3.02. The molecular weight excluding hydrogens is 360 g/mol. The van der Waals surface area contributed by atoms with Gasteiger partial charge >= 0.3 is 0 Å². The molecule has 0 aliphatic rings. The van der Waals surface area contributed by atoms with Crippen LogP contribution in [0.3, 0.4) is 0 Å². The van der Waals surface area contributed by atoms with Crippen LogP contribution in [0.4, 0.5) is 5.69 Å². The van der Waals surface area contributed by atoms with Crippen molar-refractivity contribution in [3.63, 3.8) is 0 Å². The van der Waals surface area contributed by atoms with Gasteiger partial charge in [0.1, 0.15) is 0 Å². The summed E-state index contributed by atoms with van der Waals surface area (Å²) in [4.78, 5) is 25.0. The fraction of sp³-hybridized carbons (Fsp3) is 0.0909. The second kappa shape index (κ2) is 9.01. The van der Waals surface area contributed by atoms with Crippen LogP contribution in [0.25, 0.3) is 0 Å². The third-order valence-electron chi connectivity index (χ3n) is 4.06. The Morgan fingerprint density at radius 3 is 1.96 bits per heavy atom. The molecular formula is C22H19ClN2O2. The molecule has 0 unspecified atom stereocenters. The molecule has 3 rings (SSSR count). The van der Waals surface area contributed by atoms with Gasteiger partial charge < -0.3 is 10.6 Å². The molecule has 4 nitrogen and oxygen atoms in total. The first kappa shape index (κ1) is 18.7. The zero-order valence-electron chi connectivity index (χ0n) is 14.6. The standard InChI is InChI=1S/C22H19ClN2O2/c23-18-12-7-13-19(14-18)25-20(26)15-24-22(27)21(16-8-3-1-4-9-16)17-10-5-2-6-11-17/h1-14,21H,15H2,(H,24,27)(H,25,26). The zero-order chi connectivity index (χ0) is 19.1. The summed E-state index contributed by atoms with van der Waals surface area (Å²) in [7, 11) is 0. The Hall–Kier alpha value is -3.11. The van der Waals surface area contributed by atoms with Crippen LogP contribution in [-0.2, 0) is 9.59 Å². The summed E-state index contributed by atoms with van der Waals surface area (Å²) in [6.07, 6.45) is 0. The molecule has 0 bridgehead atoms. The maximum atomic E-state index is 12.8. The third-order valence-corrected chi connectivity index (χ3v) is 4.29. The Kier molecular flexibility index (Phi) is 6.23. The molecule has 0 aromatic heterocycles. The highest BCUT2D eigenvalue weighted by molar-refractivity contribution is 6.30. The van der Waals surface area contributed by atoms with Gasteiger partial charge in [0, 0.05) is 10.7 Å². The number of amides is 2. The summed E-state index contributed by atoms with van der Waals surface area (Å²) in [5, 5.41) is 5.98. The maximum absolute atomic E-state index is 12.8. The molecule has 0 heterocycles. The molecule has 27 heavy (non-hydrogen) atoms. The molecule has 5 heteroatoms. The van der Waals surface area contributed by atoms with E-state index in [0.717, 1.165) is 11.1 Å². The number of anilines is 1. The summed E-state index contributed by atoms with van der Waals surface area (Å²) in [5.41, 5.74) is 2.33. The first-order valence-corrected chi connectivity index (χ1v) is 8.94. The first-order valence-electron chi connectivity index (χ1n) is 8.56. The lowest BCUT2D eigenvalue weighted by atomic mass is 9.90. The predicted molar refractivity (Wildman–Crippen MR) is 108 cm³/mol. The number of carbonyl (C=O) groups excluding carboxylic acids is 2. The lowest BCUT2D eigenvalue weighted by Crippen LogP contribution is -2.36. The molecule has 0 fully saturated rings. The second-order valence-corrected chi connectivity index (χ2v) is 6.47. The number of carbonyl (C=O) groups is 2. The fourth-order valence-electron chi connectivity index (χ4n) is 2.83. The van der Waals surface area contributed by atoms with Gasteiger partial charge in [0.05, 0.1) is 12.5 Å². The Morgan fingerprint density at radius 2 is 1.41 bits per heavy atom. The van der Waals surface area contributed by atoms with E-state index in [1.54, 1.807) is 24.3 Å². The van der Waals surface area contributed by atoms with Gasteiger partial charge in [0.25, 0.3) is 0 Å². The van der Waals surface area contributed by atoms with Crippen LogP contribution in [-0.4, -0.2) is 18.4 Å². The van der Waals surface area contributed by atoms with Gasteiger partial charge in [-0.3, -0.25) is 9.59 Å². The highest BCUT2D eigenvalue weighted by Crippen LogP contribution is 2.24. The van der Waals surface area contributed by atoms with Gasteiger partial charge in [-0.2, -0.15) is 0 Å². The van der Waals surface area contributed by atoms with Gasteiger partial charge in [0.15, 0.2) is 0 Å². The van der Waals surface area contributed by atoms with E-state index < -0.39 is 5.92 Å². The molecule has 0 saturated carbocycles. The lowest BCUT2D eigenvalue weighted by molar-refractivity contribution is -0.124. The Morgan fingerprint density at radius 1 is 0.815 bits per heavy atom. The van der Waals surface area contributed by atoms with Crippen LogP contribution in [0.2, 0.25) is 5.02 Å². The van der Waals surface area contributed by atoms with Crippen molar-refractivity contribution in [3.05, 3.63) is 101 Å². The van der Waals surface area contributed by atoms with E-state index in [4.69, 9.17) is 11.6 Å². The SMILES string of the molecule is O=C(CNC(=O)C(c1ccccc1)c1ccccc1)Nc1cccc(Cl)c1. The Labute approximate surface area is 163 Å². The summed E-state index contributed by atoms with van der Waals surface area (Å²) < 4.78 is 0. The number of hydrogen-bond donors (Lipinski definition) is 2. The van der Waals surface area contributed by atoms with E-state index in [0.29, 0.717) is 10.7 Å². The van der Waals surface area contributed by atoms with Crippen molar-refractivity contribution >= 4 is 29.1 Å². The van der Waals surface area contributed by atoms with Crippen LogP contribution in [0.15, 0.2) is 84.9 Å². The summed E-state index contributed by atoms with van der Waals surface area (Å²) in [6.45, 7) is -0.123. The minimum Gasteiger partial charge on any atom is -0.346 e. The largest absolute Gasteiger partial charge is 0.346 e. The number of halogens is 1. The molecule has 0 aliphatic heterocycles. The molecule has 3 aromatic carbocycles. The van der Waals surface area contributed by atoms with Crippen molar-refractivity contribution in [2.75, 3.05) is 11.9 Å². The van der Waals surface area contributed by atoms with Crippen LogP contribution < -0.4 is 10.6 Å². The highest BCUT2D eigenvalue weighted by Gasteiger charge is 2.22. The van der Waals surface area contributed by atoms with E-state index >= 15 is 0 Å². The molecule has 0 saturated heterocycles. The van der Waals surface area contributed by atoms with Crippen molar-refractivity contribution in [3.8, 4) is 0 Å². The van der Waals surface area contributed by atoms with Crippen LogP contribution in [0.5, 0.6) is 0 Å². The molecule has 0 radical (unpaired) electrons. The third kappa shape index (κ3) is 5.19. The van der Waals surface area contributed by atoms with E-state index in [1.165, 1.54) is 0 Å². The second-order valence-electron chi connectivity index (χ2n) is 6.03. The topological polar surface area (TPSA) is 58.2 Å². The van der Waals surface area contributed by atoms with Gasteiger partial charge in [-0.15, -0.1) is 0 Å². The Balaban J connectivity index is 1.69. The average molecular weight is 379 g/mol. The molecule has 2 amide bonds. The molecule has 0 atom stereocenters. The van der Waals surface area contributed by atoms with E-state index in [2.05, 4.69) is 10.6 Å². The molecule has 3 aromatic rings. The van der Waals surface area contributed by atoms with Crippen molar-refractivity contribution in [1.29, 1.82) is 0 Å². The minimum atomic E-state index is -0.480. The molecule has 2 N–H and O–H groups in total. The summed E-state index contributed by atoms with van der Waals surface area (Å²) >= 11 is 5.91. The van der Waals surface area contributed by atoms with E-state index in [9.17, 15) is 9.59 Å². The van der Waals surface area contributed by atoms with E-state index in [-0.39, 0.29) is 18.4 Å². The van der Waals surface area contributed by atoms with Crippen LogP contribution in [0, 0.1) is 0 Å². The Bertz CT molecular complexity index is 874. The number of hydrogen-bond acceptors (Lipinski definition) is 2. The van der Waals surface area contributed by atoms with E-state index in [1.807, 2.05) is 60.7 Å². The quantitative estimate of drug-likeness (QED) is 0.674. The zero-order valence-corrected chi connectivity index (χ0v) is 15.3. The van der Waals surface area contributed by atoms with Gasteiger partial charge in [-0.1, -0.05) is 78.3 Å². The first-order chi connectivity index (χ1) is 13.1. The van der Waals surface area contributed by atoms with Crippen molar-refractivity contribution < 1.29 is 9.59 Å². The van der Waals surface area contributed by atoms with Gasteiger partial charge in [-0.25, -0.2) is 0 Å². The van der Waals surface area contributed by atoms with Gasteiger partial charge in [0.2, 0.25) is 11.8 Å². The number of benzene rings is 3. The molecule has 0 aliphatic carbocycles. The van der Waals surface area contributed by atoms with Crippen molar-refractivity contribution in [2.45, 2.75) is 5.92 Å². The minimum absolute atomic E-state index is 0.123. The maximum Gasteiger partial charge on any atom is 0.243 e. The smallest absolute Gasteiger partial charge is 0.243 e. The summed E-state index contributed by atoms with van der Waals surface area (Å²) in [6, 6.07) is 25.9. The molecule has 0 spiro atoms. The number of rotatable bonds is 6. The van der Waals surface area contributed by atoms with Gasteiger partial charge in [-0.05, 0) is 29.3 Å². The summed E-state index contributed by atoms with van der Waals surface area (Å²) in [5.74, 6) is -1.02. The number of nitrogens with one attached hydrogen (secondary N) is 2. The average Bonchev–Trinajstić information content (AvgIpc) is 2.68. The van der Waals surface area contributed by atoms with Crippen LogP contribution in [0.1, 0.15) is 17.0 Å². The normalized spacial score (nSPS) is 10.4. The molecule has 136 valence electrons. The highest BCUT2D eigenvalue weighted by atomic mass is 35.5. The van der Waals surface area contributed by atoms with Crippen molar-refractivity contribution in [2.24, 2.45) is 0 Å². The lowest BCUT2D eigenvalue weighted by Gasteiger charge is -2.18. The predicted octanol–water partition coefficient (Wildman–Crippen LogP) is 4.23.